The number of rotatable bonds is 5. The molecule has 7 nitrogen and oxygen atoms in total. The number of aromatic nitrogens is 1. The number of fused-ring (bicyclic) bond motifs is 3. The summed E-state index contributed by atoms with van der Waals surface area (Å²) in [5, 5.41) is 1.07. The van der Waals surface area contributed by atoms with Crippen molar-refractivity contribution < 1.29 is 19.1 Å². The third-order valence-electron chi connectivity index (χ3n) is 8.29. The molecule has 1 N–H and O–H groups in total. The number of allylic oxidation sites excluding steroid dienone is 4. The van der Waals surface area contributed by atoms with E-state index in [1.165, 1.54) is 5.56 Å². The normalized spacial score (nSPS) is 20.4. The smallest absolute Gasteiger partial charge is 0.254 e. The fraction of sp³-hybridized carbons (Fsp3) is 0.394. The summed E-state index contributed by atoms with van der Waals surface area (Å²) in [4.78, 5) is 34.1. The zero-order valence-electron chi connectivity index (χ0n) is 23.4. The van der Waals surface area contributed by atoms with Crippen molar-refractivity contribution in [2.75, 3.05) is 52.6 Å². The molecular weight excluding hydrogens is 502 g/mol. The Morgan fingerprint density at radius 1 is 0.975 bits per heavy atom. The average Bonchev–Trinajstić information content (AvgIpc) is 3.34. The van der Waals surface area contributed by atoms with E-state index in [-0.39, 0.29) is 17.6 Å². The number of aromatic amines is 1. The molecule has 208 valence electrons. The lowest BCUT2D eigenvalue weighted by Gasteiger charge is -2.26. The first-order valence-corrected chi connectivity index (χ1v) is 14.3. The summed E-state index contributed by atoms with van der Waals surface area (Å²) in [5.74, 6) is 0.226. The Hall–Kier alpha value is -3.52. The zero-order valence-corrected chi connectivity index (χ0v) is 23.4. The van der Waals surface area contributed by atoms with Crippen molar-refractivity contribution in [3.8, 4) is 0 Å². The molecule has 1 aromatic heterocycles. The maximum atomic E-state index is 13.2. The predicted octanol–water partition coefficient (Wildman–Crippen LogP) is 5.04. The maximum Gasteiger partial charge on any atom is 0.254 e. The quantitative estimate of drug-likeness (QED) is 0.492. The minimum absolute atomic E-state index is 0.0156. The molecule has 6 rings (SSSR count). The van der Waals surface area contributed by atoms with Crippen LogP contribution in [0.3, 0.4) is 0 Å². The highest BCUT2D eigenvalue weighted by atomic mass is 16.5. The number of Topliss-reactive ketones (excluding diaryl/α,β-unsaturated/α-hetero) is 1. The predicted molar refractivity (Wildman–Crippen MR) is 157 cm³/mol. The van der Waals surface area contributed by atoms with Gasteiger partial charge in [-0.1, -0.05) is 37.3 Å². The summed E-state index contributed by atoms with van der Waals surface area (Å²) in [6.45, 7) is 10.5. The number of nitrogens with one attached hydrogen (secondary N) is 1. The van der Waals surface area contributed by atoms with Crippen molar-refractivity contribution >= 4 is 33.7 Å². The number of ketones is 1. The van der Waals surface area contributed by atoms with Crippen LogP contribution in [0.2, 0.25) is 0 Å². The van der Waals surface area contributed by atoms with Gasteiger partial charge in [0, 0.05) is 54.8 Å². The van der Waals surface area contributed by atoms with E-state index in [4.69, 9.17) is 9.47 Å². The van der Waals surface area contributed by atoms with E-state index in [1.807, 2.05) is 29.2 Å². The molecule has 0 radical (unpaired) electrons. The maximum absolute atomic E-state index is 13.2. The fourth-order valence-electron chi connectivity index (χ4n) is 6.08. The van der Waals surface area contributed by atoms with Crippen molar-refractivity contribution in [1.82, 2.24) is 14.8 Å². The number of hydrogen-bond acceptors (Lipinski definition) is 5. The van der Waals surface area contributed by atoms with E-state index in [0.717, 1.165) is 72.6 Å². The molecule has 2 saturated heterocycles. The molecule has 3 heterocycles. The van der Waals surface area contributed by atoms with Crippen LogP contribution in [0.5, 0.6) is 0 Å². The van der Waals surface area contributed by atoms with E-state index in [9.17, 15) is 9.59 Å². The number of amides is 1. The monoisotopic (exact) mass is 539 g/mol. The molecule has 3 aliphatic rings. The van der Waals surface area contributed by atoms with Crippen LogP contribution in [0, 0.1) is 0 Å². The van der Waals surface area contributed by atoms with Gasteiger partial charge in [0.15, 0.2) is 5.78 Å². The number of benzene rings is 2. The molecule has 1 aliphatic carbocycles. The van der Waals surface area contributed by atoms with Gasteiger partial charge >= 0.3 is 0 Å². The Kier molecular flexibility index (Phi) is 7.69. The molecule has 0 spiro atoms. The minimum Gasteiger partial charge on any atom is -0.379 e. The molecule has 0 saturated carbocycles. The summed E-state index contributed by atoms with van der Waals surface area (Å²) in [6, 6.07) is 14.5. The summed E-state index contributed by atoms with van der Waals surface area (Å²) in [5.41, 5.74) is 7.66. The standard InChI is InChI=1S/C33H37N3O4/c1-22-6-7-26(25-5-3-4-24(18-25)21-35-10-14-39-15-11-35)19-29(23(2)37)32-31(22)28-9-8-27(20-30(28)34-32)33(38)36-12-16-40-17-13-36/h3-5,7-9,18-20,22,34H,6,10-17,21H2,1-2H3. The van der Waals surface area contributed by atoms with E-state index >= 15 is 0 Å². The number of carbonyl (C=O) groups is 2. The van der Waals surface area contributed by atoms with Gasteiger partial charge in [0.2, 0.25) is 0 Å². The second-order valence-corrected chi connectivity index (χ2v) is 11.1. The fourth-order valence-corrected chi connectivity index (χ4v) is 6.08. The second-order valence-electron chi connectivity index (χ2n) is 11.1. The van der Waals surface area contributed by atoms with Gasteiger partial charge in [0.1, 0.15) is 0 Å². The molecule has 2 fully saturated rings. The van der Waals surface area contributed by atoms with Gasteiger partial charge in [-0.05, 0) is 65.8 Å². The minimum atomic E-state index is 0.0156. The lowest BCUT2D eigenvalue weighted by atomic mass is 9.86. The van der Waals surface area contributed by atoms with Gasteiger partial charge in [0.25, 0.3) is 5.91 Å². The molecule has 3 aromatic rings. The van der Waals surface area contributed by atoms with E-state index < -0.39 is 0 Å². The van der Waals surface area contributed by atoms with Crippen LogP contribution >= 0.6 is 0 Å². The highest BCUT2D eigenvalue weighted by Crippen LogP contribution is 2.39. The Morgan fingerprint density at radius 3 is 2.48 bits per heavy atom. The van der Waals surface area contributed by atoms with E-state index in [1.54, 1.807) is 6.92 Å². The van der Waals surface area contributed by atoms with Crippen LogP contribution in [-0.2, 0) is 20.8 Å². The molecular formula is C33H37N3O4. The van der Waals surface area contributed by atoms with Crippen molar-refractivity contribution in [3.05, 3.63) is 82.6 Å². The Labute approximate surface area is 235 Å². The van der Waals surface area contributed by atoms with Gasteiger partial charge in [-0.25, -0.2) is 0 Å². The van der Waals surface area contributed by atoms with Gasteiger partial charge in [-0.15, -0.1) is 0 Å². The lowest BCUT2D eigenvalue weighted by Crippen LogP contribution is -2.40. The Bertz CT molecular complexity index is 1490. The lowest BCUT2D eigenvalue weighted by molar-refractivity contribution is -0.111. The Morgan fingerprint density at radius 2 is 1.73 bits per heavy atom. The van der Waals surface area contributed by atoms with Crippen LogP contribution in [-0.4, -0.2) is 79.1 Å². The molecule has 1 atom stereocenters. The number of carbonyl (C=O) groups excluding carboxylic acids is 2. The van der Waals surface area contributed by atoms with E-state index in [0.29, 0.717) is 37.4 Å². The third kappa shape index (κ3) is 5.42. The molecule has 0 bridgehead atoms. The van der Waals surface area contributed by atoms with Crippen LogP contribution < -0.4 is 0 Å². The highest BCUT2D eigenvalue weighted by Gasteiger charge is 2.26. The molecule has 1 amide bonds. The van der Waals surface area contributed by atoms with Crippen LogP contribution in [0.25, 0.3) is 22.0 Å². The first-order chi connectivity index (χ1) is 19.5. The van der Waals surface area contributed by atoms with Crippen LogP contribution in [0.1, 0.15) is 58.9 Å². The SMILES string of the molecule is CC(=O)C1=CC(c2cccc(CN3CCOCC3)c2)=CCC(C)c2c1[nH]c1cc(C(=O)N3CCOCC3)ccc21. The number of ether oxygens (including phenoxy) is 2. The molecule has 7 heteroatoms. The van der Waals surface area contributed by atoms with Crippen LogP contribution in [0.15, 0.2) is 54.6 Å². The number of hydrogen-bond donors (Lipinski definition) is 1. The van der Waals surface area contributed by atoms with Gasteiger partial charge < -0.3 is 19.4 Å². The van der Waals surface area contributed by atoms with Crippen molar-refractivity contribution in [1.29, 1.82) is 0 Å². The highest BCUT2D eigenvalue weighted by molar-refractivity contribution is 6.22. The van der Waals surface area contributed by atoms with E-state index in [2.05, 4.69) is 47.1 Å². The van der Waals surface area contributed by atoms with Gasteiger partial charge in [0.05, 0.1) is 32.1 Å². The topological polar surface area (TPSA) is 74.9 Å². The summed E-state index contributed by atoms with van der Waals surface area (Å²) >= 11 is 0. The largest absolute Gasteiger partial charge is 0.379 e. The summed E-state index contributed by atoms with van der Waals surface area (Å²) in [6.07, 6.45) is 5.15. The van der Waals surface area contributed by atoms with Gasteiger partial charge in [-0.3, -0.25) is 14.5 Å². The zero-order chi connectivity index (χ0) is 27.6. The summed E-state index contributed by atoms with van der Waals surface area (Å²) in [7, 11) is 0. The van der Waals surface area contributed by atoms with Crippen molar-refractivity contribution in [3.63, 3.8) is 0 Å². The first-order valence-electron chi connectivity index (χ1n) is 14.3. The summed E-state index contributed by atoms with van der Waals surface area (Å²) < 4.78 is 10.9. The van der Waals surface area contributed by atoms with Crippen molar-refractivity contribution in [2.45, 2.75) is 32.7 Å². The molecule has 2 aliphatic heterocycles. The third-order valence-corrected chi connectivity index (χ3v) is 8.29. The number of morpholine rings is 2. The number of H-pyrrole nitrogens is 1. The molecule has 2 aromatic carbocycles. The van der Waals surface area contributed by atoms with Gasteiger partial charge in [-0.2, -0.15) is 0 Å². The van der Waals surface area contributed by atoms with Crippen molar-refractivity contribution in [2.24, 2.45) is 0 Å². The number of nitrogens with zero attached hydrogens (tertiary/aromatic N) is 2. The van der Waals surface area contributed by atoms with Crippen LogP contribution in [0.4, 0.5) is 0 Å². The molecule has 1 unspecified atom stereocenters. The Balaban J connectivity index is 1.35. The second kappa shape index (κ2) is 11.5. The molecule has 40 heavy (non-hydrogen) atoms. The first kappa shape index (κ1) is 26.7. The average molecular weight is 540 g/mol.